The highest BCUT2D eigenvalue weighted by Crippen LogP contribution is 2.25. The first kappa shape index (κ1) is 46.9. The zero-order valence-corrected chi connectivity index (χ0v) is 31.2. The van der Waals surface area contributed by atoms with E-state index in [4.69, 9.17) is 36.5 Å². The lowest BCUT2D eigenvalue weighted by Crippen LogP contribution is -2.32. The fourth-order valence-corrected chi connectivity index (χ4v) is 6.72. The number of ether oxygens (including phenoxy) is 3. The minimum atomic E-state index is -0.720. The maximum atomic E-state index is 12.1. The molecule has 1 atom stereocenters. The number of rotatable bonds is 27. The number of hydrogen-bond acceptors (Lipinski definition) is 16. The Balaban J connectivity index is 0.000000721. The van der Waals surface area contributed by atoms with Crippen LogP contribution < -0.4 is 17.2 Å². The molecule has 16 nitrogen and oxygen atoms in total. The number of nitrogens with two attached hydrogens (primary N) is 3. The van der Waals surface area contributed by atoms with Crippen LogP contribution in [0.1, 0.15) is 51.6 Å². The summed E-state index contributed by atoms with van der Waals surface area (Å²) in [6, 6.07) is 0. The van der Waals surface area contributed by atoms with Gasteiger partial charge < -0.3 is 41.3 Å². The highest BCUT2D eigenvalue weighted by molar-refractivity contribution is 8.76. The van der Waals surface area contributed by atoms with Crippen molar-refractivity contribution in [3.05, 3.63) is 11.9 Å². The smallest absolute Gasteiger partial charge is 0.303 e. The van der Waals surface area contributed by atoms with E-state index in [2.05, 4.69) is 10.3 Å². The highest BCUT2D eigenvalue weighted by atomic mass is 33.1. The number of imide groups is 1. The molecule has 1 unspecified atom stereocenters. The molecule has 282 valence electrons. The molecular weight excluding hydrogens is 699 g/mol. The molecule has 0 radical (unpaired) electrons. The summed E-state index contributed by atoms with van der Waals surface area (Å²) >= 11 is 1.45. The molecule has 1 aromatic rings. The predicted molar refractivity (Wildman–Crippen MR) is 193 cm³/mol. The minimum absolute atomic E-state index is 0.0760. The Kier molecular flexibility index (Phi) is 30.5. The van der Waals surface area contributed by atoms with Gasteiger partial charge in [-0.15, -0.1) is 16.9 Å². The maximum Gasteiger partial charge on any atom is 0.303 e. The second-order valence-corrected chi connectivity index (χ2v) is 14.5. The molecule has 2 amide bonds. The average molecular weight is 754 g/mol. The van der Waals surface area contributed by atoms with Gasteiger partial charge in [0.05, 0.1) is 63.6 Å². The van der Waals surface area contributed by atoms with Gasteiger partial charge in [-0.1, -0.05) is 26.8 Å². The van der Waals surface area contributed by atoms with Crippen molar-refractivity contribution in [2.24, 2.45) is 17.2 Å². The monoisotopic (exact) mass is 753 g/mol. The van der Waals surface area contributed by atoms with E-state index >= 15 is 0 Å². The summed E-state index contributed by atoms with van der Waals surface area (Å²) in [4.78, 5) is 56.9. The first-order chi connectivity index (χ1) is 23.5. The number of aliphatic carboxylic acids is 1. The van der Waals surface area contributed by atoms with Gasteiger partial charge in [-0.25, -0.2) is 4.68 Å². The van der Waals surface area contributed by atoms with Crippen molar-refractivity contribution >= 4 is 62.7 Å². The van der Waals surface area contributed by atoms with Crippen LogP contribution in [0.25, 0.3) is 0 Å². The summed E-state index contributed by atoms with van der Waals surface area (Å²) in [5, 5.41) is 15.8. The van der Waals surface area contributed by atoms with Crippen molar-refractivity contribution < 1.29 is 43.3 Å². The normalized spacial score (nSPS) is 13.9. The standard InChI is InChI=1S/C13H22N2O4S.C9H16N4O2.C8H17NO3S2/c1-10(16)3-2-5-15-12(17)9-11(13(15)18)20-8-7-19-6-4-14;1-8(14)6-9-7-13(12-11-9)3-5-15-4-2-10;9-3-4-12-5-7-14-13-6-1-2-8(10)11/h11H,2-9,14H2,1H3;7H,2-6,10H2,1H3;1-7,9H2,(H,10,11). The molecule has 0 saturated carbocycles. The van der Waals surface area contributed by atoms with E-state index in [1.54, 1.807) is 32.5 Å². The number of thioether (sulfide) groups is 1. The molecule has 1 aromatic heterocycles. The quantitative estimate of drug-likeness (QED) is 0.0551. The Morgan fingerprint density at radius 3 is 2.04 bits per heavy atom. The predicted octanol–water partition coefficient (Wildman–Crippen LogP) is 0.784. The maximum absolute atomic E-state index is 12.1. The number of carbonyl (C=O) groups is 5. The highest BCUT2D eigenvalue weighted by Gasteiger charge is 2.38. The molecule has 2 heterocycles. The first-order valence-corrected chi connectivity index (χ1v) is 19.7. The summed E-state index contributed by atoms with van der Waals surface area (Å²) in [5.41, 5.74) is 16.5. The number of carboxylic acid groups (broad SMARTS) is 1. The molecule has 19 heteroatoms. The lowest BCUT2D eigenvalue weighted by Gasteiger charge is -2.14. The number of hydrogen-bond donors (Lipinski definition) is 4. The van der Waals surface area contributed by atoms with Crippen LogP contribution in [-0.4, -0.2) is 143 Å². The van der Waals surface area contributed by atoms with Crippen molar-refractivity contribution in [3.8, 4) is 0 Å². The molecule has 1 fully saturated rings. The number of aromatic nitrogens is 3. The fraction of sp³-hybridized carbons (Fsp3) is 0.767. The Hall–Kier alpha value is -2.10. The number of likely N-dealkylation sites (tertiary alicyclic amines) is 1. The molecule has 1 aliphatic rings. The van der Waals surface area contributed by atoms with Crippen LogP contribution in [-0.2, 0) is 51.1 Å². The molecule has 0 aromatic carbocycles. The summed E-state index contributed by atoms with van der Waals surface area (Å²) in [5.74, 6) is 1.65. The second-order valence-electron chi connectivity index (χ2n) is 10.4. The lowest BCUT2D eigenvalue weighted by molar-refractivity contribution is -0.139. The van der Waals surface area contributed by atoms with Crippen LogP contribution in [0.15, 0.2) is 6.20 Å². The minimum Gasteiger partial charge on any atom is -0.481 e. The Morgan fingerprint density at radius 2 is 1.45 bits per heavy atom. The number of amides is 2. The number of carbonyl (C=O) groups excluding carboxylic acids is 4. The molecule has 0 bridgehead atoms. The van der Waals surface area contributed by atoms with Gasteiger partial charge in [0.25, 0.3) is 0 Å². The fourth-order valence-electron chi connectivity index (χ4n) is 3.74. The summed E-state index contributed by atoms with van der Waals surface area (Å²) in [6.07, 6.45) is 4.29. The molecule has 1 aliphatic heterocycles. The van der Waals surface area contributed by atoms with Gasteiger partial charge in [-0.2, -0.15) is 0 Å². The van der Waals surface area contributed by atoms with Crippen molar-refractivity contribution in [2.45, 2.75) is 64.2 Å². The number of Topliss-reactive ketones (excluding diaryl/α,β-unsaturated/α-hetero) is 2. The third-order valence-corrected chi connectivity index (χ3v) is 9.57. The van der Waals surface area contributed by atoms with Gasteiger partial charge in [0.15, 0.2) is 0 Å². The summed E-state index contributed by atoms with van der Waals surface area (Å²) in [7, 11) is 3.41. The van der Waals surface area contributed by atoms with E-state index in [0.29, 0.717) is 103 Å². The zero-order valence-electron chi connectivity index (χ0n) is 28.8. The Morgan fingerprint density at radius 1 is 0.837 bits per heavy atom. The van der Waals surface area contributed by atoms with E-state index in [-0.39, 0.29) is 41.5 Å². The van der Waals surface area contributed by atoms with Crippen molar-refractivity contribution in [3.63, 3.8) is 0 Å². The number of carboxylic acids is 1. The van der Waals surface area contributed by atoms with Crippen molar-refractivity contribution in [2.75, 3.05) is 83.1 Å². The molecule has 0 aliphatic carbocycles. The third-order valence-electron chi connectivity index (χ3n) is 5.94. The van der Waals surface area contributed by atoms with Crippen LogP contribution in [0.2, 0.25) is 0 Å². The van der Waals surface area contributed by atoms with E-state index in [9.17, 15) is 24.0 Å². The summed E-state index contributed by atoms with van der Waals surface area (Å²) in [6.45, 7) is 9.06. The molecule has 7 N–H and O–H groups in total. The lowest BCUT2D eigenvalue weighted by atomic mass is 10.2. The van der Waals surface area contributed by atoms with E-state index in [1.807, 2.05) is 0 Å². The second kappa shape index (κ2) is 31.9. The van der Waals surface area contributed by atoms with Gasteiger partial charge in [0.1, 0.15) is 11.6 Å². The van der Waals surface area contributed by atoms with E-state index in [0.717, 1.165) is 17.9 Å². The molecule has 0 spiro atoms. The van der Waals surface area contributed by atoms with E-state index in [1.165, 1.54) is 30.5 Å². The zero-order chi connectivity index (χ0) is 36.7. The number of nitrogens with zero attached hydrogens (tertiary/aromatic N) is 4. The Bertz CT molecular complexity index is 1070. The SMILES string of the molecule is CC(=O)CCCN1C(=O)CC(SCCOCCN)C1=O.CC(=O)Cc1cn(CCOCCN)nn1.NCCOCCSSCCCC(=O)O. The van der Waals surface area contributed by atoms with Crippen molar-refractivity contribution in [1.82, 2.24) is 19.9 Å². The first-order valence-electron chi connectivity index (χ1n) is 16.2. The van der Waals surface area contributed by atoms with Crippen LogP contribution in [0.5, 0.6) is 0 Å². The molecule has 49 heavy (non-hydrogen) atoms. The van der Waals surface area contributed by atoms with Gasteiger partial charge in [0.2, 0.25) is 11.8 Å². The molecule has 2 rings (SSSR count). The topological polar surface area (TPSA) is 245 Å². The Labute approximate surface area is 301 Å². The van der Waals surface area contributed by atoms with Gasteiger partial charge in [-0.3, -0.25) is 24.1 Å². The van der Waals surface area contributed by atoms with Crippen LogP contribution >= 0.6 is 33.3 Å². The van der Waals surface area contributed by atoms with Crippen LogP contribution in [0, 0.1) is 0 Å². The average Bonchev–Trinajstić information content (AvgIpc) is 3.60. The third kappa shape index (κ3) is 27.3. The molecule has 1 saturated heterocycles. The number of ketones is 2. The van der Waals surface area contributed by atoms with Crippen LogP contribution in [0.3, 0.4) is 0 Å². The van der Waals surface area contributed by atoms with Gasteiger partial charge >= 0.3 is 5.97 Å². The largest absolute Gasteiger partial charge is 0.481 e. The van der Waals surface area contributed by atoms with Gasteiger partial charge in [-0.05, 0) is 26.7 Å². The van der Waals surface area contributed by atoms with Crippen molar-refractivity contribution in [1.29, 1.82) is 0 Å². The molecular formula is C30H55N7O9S3. The van der Waals surface area contributed by atoms with Crippen LogP contribution in [0.4, 0.5) is 0 Å². The van der Waals surface area contributed by atoms with E-state index < -0.39 is 5.97 Å². The van der Waals surface area contributed by atoms with Gasteiger partial charge in [0, 0.05) is 68.9 Å². The summed E-state index contributed by atoms with van der Waals surface area (Å²) < 4.78 is 17.3.